The van der Waals surface area contributed by atoms with Gasteiger partial charge in [-0.2, -0.15) is 5.10 Å². The SMILES string of the molecule is COC[C@@H](c1ccccn1)N(C)C(=O)c1ccc(-c2ccn[nH]2)cc1. The third kappa shape index (κ3) is 3.75. The molecule has 1 N–H and O–H groups in total. The third-order valence-electron chi connectivity index (χ3n) is 4.09. The Hall–Kier alpha value is -2.99. The van der Waals surface area contributed by atoms with Crippen LogP contribution in [0.5, 0.6) is 0 Å². The number of carbonyl (C=O) groups is 1. The molecule has 0 aliphatic heterocycles. The summed E-state index contributed by atoms with van der Waals surface area (Å²) in [6, 6.07) is 14.7. The van der Waals surface area contributed by atoms with E-state index in [1.165, 1.54) is 0 Å². The Morgan fingerprint density at radius 3 is 2.56 bits per heavy atom. The van der Waals surface area contributed by atoms with Crippen molar-refractivity contribution in [3.63, 3.8) is 0 Å². The number of rotatable bonds is 6. The standard InChI is InChI=1S/C19H20N4O2/c1-23(18(13-25-2)17-5-3-4-11-20-17)19(24)15-8-6-14(7-9-15)16-10-12-21-22-16/h3-12,18H,13H2,1-2H3,(H,21,22)/t18-/m0/s1. The molecule has 3 rings (SSSR count). The van der Waals surface area contributed by atoms with Gasteiger partial charge in [-0.15, -0.1) is 0 Å². The van der Waals surface area contributed by atoms with Crippen LogP contribution in [0.2, 0.25) is 0 Å². The summed E-state index contributed by atoms with van der Waals surface area (Å²) in [7, 11) is 3.39. The zero-order valence-corrected chi connectivity index (χ0v) is 14.2. The average Bonchev–Trinajstić information content (AvgIpc) is 3.20. The maximum atomic E-state index is 12.9. The Morgan fingerprint density at radius 2 is 1.96 bits per heavy atom. The van der Waals surface area contributed by atoms with Crippen LogP contribution in [0.3, 0.4) is 0 Å². The van der Waals surface area contributed by atoms with Crippen molar-refractivity contribution in [3.8, 4) is 11.3 Å². The van der Waals surface area contributed by atoms with Crippen LogP contribution in [-0.4, -0.2) is 46.8 Å². The van der Waals surface area contributed by atoms with E-state index in [2.05, 4.69) is 15.2 Å². The van der Waals surface area contributed by atoms with Crippen LogP contribution in [0, 0.1) is 0 Å². The van der Waals surface area contributed by atoms with E-state index in [1.807, 2.05) is 48.5 Å². The van der Waals surface area contributed by atoms with Gasteiger partial charge in [0.2, 0.25) is 0 Å². The van der Waals surface area contributed by atoms with Crippen molar-refractivity contribution < 1.29 is 9.53 Å². The zero-order valence-electron chi connectivity index (χ0n) is 14.2. The number of benzene rings is 1. The van der Waals surface area contributed by atoms with Crippen LogP contribution < -0.4 is 0 Å². The lowest BCUT2D eigenvalue weighted by Gasteiger charge is -2.27. The predicted molar refractivity (Wildman–Crippen MR) is 95.0 cm³/mol. The number of ether oxygens (including phenoxy) is 1. The smallest absolute Gasteiger partial charge is 0.254 e. The van der Waals surface area contributed by atoms with Gasteiger partial charge in [-0.05, 0) is 35.9 Å². The van der Waals surface area contributed by atoms with Gasteiger partial charge in [0.1, 0.15) is 0 Å². The number of likely N-dealkylation sites (N-methyl/N-ethyl adjacent to an activating group) is 1. The normalized spacial score (nSPS) is 11.9. The van der Waals surface area contributed by atoms with Crippen LogP contribution in [0.1, 0.15) is 22.1 Å². The molecule has 0 saturated carbocycles. The lowest BCUT2D eigenvalue weighted by molar-refractivity contribution is 0.0595. The first-order valence-corrected chi connectivity index (χ1v) is 7.97. The molecule has 0 aliphatic carbocycles. The maximum absolute atomic E-state index is 12.9. The summed E-state index contributed by atoms with van der Waals surface area (Å²) in [5, 5.41) is 6.85. The second-order valence-corrected chi connectivity index (χ2v) is 5.69. The molecule has 2 heterocycles. The average molecular weight is 336 g/mol. The van der Waals surface area contributed by atoms with E-state index >= 15 is 0 Å². The molecule has 2 aromatic heterocycles. The van der Waals surface area contributed by atoms with E-state index in [1.54, 1.807) is 31.5 Å². The molecule has 3 aromatic rings. The Kier molecular flexibility index (Phi) is 5.20. The molecule has 1 aromatic carbocycles. The van der Waals surface area contributed by atoms with Crippen molar-refractivity contribution in [3.05, 3.63) is 72.2 Å². The molecule has 0 radical (unpaired) electrons. The summed E-state index contributed by atoms with van der Waals surface area (Å²) in [5.41, 5.74) is 3.31. The molecular weight excluding hydrogens is 316 g/mol. The highest BCUT2D eigenvalue weighted by molar-refractivity contribution is 5.94. The first kappa shape index (κ1) is 16.9. The first-order valence-electron chi connectivity index (χ1n) is 7.97. The molecule has 1 amide bonds. The molecule has 0 aliphatic rings. The zero-order chi connectivity index (χ0) is 17.6. The molecule has 6 heteroatoms. The Balaban J connectivity index is 1.80. The van der Waals surface area contributed by atoms with Crippen LogP contribution in [-0.2, 0) is 4.74 Å². The van der Waals surface area contributed by atoms with E-state index in [0.717, 1.165) is 17.0 Å². The fourth-order valence-corrected chi connectivity index (χ4v) is 2.68. The number of hydrogen-bond acceptors (Lipinski definition) is 4. The van der Waals surface area contributed by atoms with Crippen LogP contribution in [0.4, 0.5) is 0 Å². The quantitative estimate of drug-likeness (QED) is 0.751. The van der Waals surface area contributed by atoms with E-state index in [-0.39, 0.29) is 11.9 Å². The van der Waals surface area contributed by atoms with E-state index < -0.39 is 0 Å². The van der Waals surface area contributed by atoms with Crippen LogP contribution >= 0.6 is 0 Å². The number of pyridine rings is 1. The summed E-state index contributed by atoms with van der Waals surface area (Å²) in [4.78, 5) is 18.9. The number of methoxy groups -OCH3 is 1. The van der Waals surface area contributed by atoms with Gasteiger partial charge in [0.15, 0.2) is 0 Å². The van der Waals surface area contributed by atoms with Crippen molar-refractivity contribution in [2.24, 2.45) is 0 Å². The lowest BCUT2D eigenvalue weighted by atomic mass is 10.1. The second-order valence-electron chi connectivity index (χ2n) is 5.69. The fraction of sp³-hybridized carbons (Fsp3) is 0.211. The largest absolute Gasteiger partial charge is 0.382 e. The molecule has 0 fully saturated rings. The van der Waals surface area contributed by atoms with Gasteiger partial charge in [0, 0.05) is 32.1 Å². The number of nitrogens with zero attached hydrogens (tertiary/aromatic N) is 3. The molecule has 6 nitrogen and oxygen atoms in total. The van der Waals surface area contributed by atoms with Gasteiger partial charge in [0.05, 0.1) is 24.0 Å². The van der Waals surface area contributed by atoms with Gasteiger partial charge in [0.25, 0.3) is 5.91 Å². The minimum atomic E-state index is -0.244. The van der Waals surface area contributed by atoms with Crippen molar-refractivity contribution in [2.75, 3.05) is 20.8 Å². The highest BCUT2D eigenvalue weighted by Crippen LogP contribution is 2.22. The number of carbonyl (C=O) groups excluding carboxylic acids is 1. The predicted octanol–water partition coefficient (Wildman–Crippen LogP) is 2.93. The monoisotopic (exact) mass is 336 g/mol. The number of H-pyrrole nitrogens is 1. The number of hydrogen-bond donors (Lipinski definition) is 1. The topological polar surface area (TPSA) is 71.1 Å². The Morgan fingerprint density at radius 1 is 1.16 bits per heavy atom. The maximum Gasteiger partial charge on any atom is 0.254 e. The van der Waals surface area contributed by atoms with E-state index in [0.29, 0.717) is 12.2 Å². The fourth-order valence-electron chi connectivity index (χ4n) is 2.68. The molecule has 128 valence electrons. The molecule has 25 heavy (non-hydrogen) atoms. The minimum Gasteiger partial charge on any atom is -0.382 e. The minimum absolute atomic E-state index is 0.0798. The van der Waals surface area contributed by atoms with Crippen molar-refractivity contribution in [2.45, 2.75) is 6.04 Å². The van der Waals surface area contributed by atoms with Crippen LogP contribution in [0.25, 0.3) is 11.3 Å². The van der Waals surface area contributed by atoms with Gasteiger partial charge < -0.3 is 9.64 Å². The highest BCUT2D eigenvalue weighted by Gasteiger charge is 2.23. The van der Waals surface area contributed by atoms with Gasteiger partial charge in [-0.25, -0.2) is 0 Å². The molecule has 0 saturated heterocycles. The Labute approximate surface area is 146 Å². The highest BCUT2D eigenvalue weighted by atomic mass is 16.5. The van der Waals surface area contributed by atoms with Gasteiger partial charge >= 0.3 is 0 Å². The second kappa shape index (κ2) is 7.72. The van der Waals surface area contributed by atoms with E-state index in [4.69, 9.17) is 4.74 Å². The van der Waals surface area contributed by atoms with Gasteiger partial charge in [-0.3, -0.25) is 14.9 Å². The first-order chi connectivity index (χ1) is 12.2. The molecule has 0 bridgehead atoms. The van der Waals surface area contributed by atoms with Crippen molar-refractivity contribution >= 4 is 5.91 Å². The van der Waals surface area contributed by atoms with Crippen LogP contribution in [0.15, 0.2) is 60.9 Å². The summed E-state index contributed by atoms with van der Waals surface area (Å²) < 4.78 is 5.29. The number of aromatic amines is 1. The number of aromatic nitrogens is 3. The summed E-state index contributed by atoms with van der Waals surface area (Å²) in [6.45, 7) is 0.380. The molecule has 0 spiro atoms. The third-order valence-corrected chi connectivity index (χ3v) is 4.09. The summed E-state index contributed by atoms with van der Waals surface area (Å²) in [5.74, 6) is -0.0798. The summed E-state index contributed by atoms with van der Waals surface area (Å²) >= 11 is 0. The summed E-state index contributed by atoms with van der Waals surface area (Å²) in [6.07, 6.45) is 3.42. The molecule has 1 atom stereocenters. The number of nitrogens with one attached hydrogen (secondary N) is 1. The number of amides is 1. The van der Waals surface area contributed by atoms with E-state index in [9.17, 15) is 4.79 Å². The molecular formula is C19H20N4O2. The van der Waals surface area contributed by atoms with Crippen molar-refractivity contribution in [1.29, 1.82) is 0 Å². The van der Waals surface area contributed by atoms with Crippen molar-refractivity contribution in [1.82, 2.24) is 20.1 Å². The lowest BCUT2D eigenvalue weighted by Crippen LogP contribution is -2.34. The van der Waals surface area contributed by atoms with Gasteiger partial charge in [-0.1, -0.05) is 18.2 Å². The molecule has 0 unspecified atom stereocenters. The Bertz CT molecular complexity index is 801.